The molecule has 0 amide bonds. The molecule has 0 spiro atoms. The second-order valence-electron chi connectivity index (χ2n) is 4.22. The summed E-state index contributed by atoms with van der Waals surface area (Å²) in [4.78, 5) is 7.23. The predicted molar refractivity (Wildman–Crippen MR) is 58.7 cm³/mol. The van der Waals surface area contributed by atoms with Crippen molar-refractivity contribution in [2.24, 2.45) is 0 Å². The lowest BCUT2D eigenvalue weighted by Crippen LogP contribution is -2.36. The van der Waals surface area contributed by atoms with Gasteiger partial charge in [-0.1, -0.05) is 0 Å². The molecule has 1 N–H and O–H groups in total. The lowest BCUT2D eigenvalue weighted by Gasteiger charge is -2.19. The molecule has 0 unspecified atom stereocenters. The number of aromatic hydroxyl groups is 1. The molecule has 0 aliphatic heterocycles. The minimum absolute atomic E-state index is 0.0792. The highest BCUT2D eigenvalue weighted by atomic mass is 19.4. The Balaban J connectivity index is 2.36. The van der Waals surface area contributed by atoms with Crippen molar-refractivity contribution in [2.75, 3.05) is 0 Å². The number of aromatic nitrogens is 3. The fourth-order valence-corrected chi connectivity index (χ4v) is 1.69. The Morgan fingerprint density at radius 3 is 2.43 bits per heavy atom. The fraction of sp³-hybridized carbons (Fsp3) is 0.364. The van der Waals surface area contributed by atoms with Crippen LogP contribution in [-0.4, -0.2) is 31.6 Å². The van der Waals surface area contributed by atoms with Gasteiger partial charge in [-0.15, -0.1) is 0 Å². The first kappa shape index (κ1) is 15.0. The second-order valence-corrected chi connectivity index (χ2v) is 4.22. The molecule has 0 aliphatic carbocycles. The van der Waals surface area contributed by atoms with Crippen LogP contribution in [0.4, 0.5) is 22.0 Å². The molecule has 2 heterocycles. The number of halogens is 5. The van der Waals surface area contributed by atoms with E-state index >= 15 is 0 Å². The first-order valence-corrected chi connectivity index (χ1v) is 5.56. The standard InChI is InChI=1S/C11H7F5N4O/c12-10(13,11(14,15)16)2-1-7-9-19-8(21)5-20(9)4-6(3-17)18-7/h4-5,21H,1-2H2. The van der Waals surface area contributed by atoms with Gasteiger partial charge in [-0.05, 0) is 6.42 Å². The number of hydrogen-bond acceptors (Lipinski definition) is 4. The van der Waals surface area contributed by atoms with Crippen molar-refractivity contribution in [3.05, 3.63) is 23.8 Å². The zero-order valence-electron chi connectivity index (χ0n) is 10.2. The van der Waals surface area contributed by atoms with Gasteiger partial charge < -0.3 is 5.11 Å². The van der Waals surface area contributed by atoms with Crippen LogP contribution in [0, 0.1) is 11.3 Å². The molecule has 112 valence electrons. The van der Waals surface area contributed by atoms with Gasteiger partial charge in [0, 0.05) is 12.6 Å². The van der Waals surface area contributed by atoms with Gasteiger partial charge in [0.25, 0.3) is 0 Å². The molecule has 2 aromatic heterocycles. The molecule has 0 bridgehead atoms. The van der Waals surface area contributed by atoms with Crippen molar-refractivity contribution in [3.8, 4) is 11.9 Å². The number of nitriles is 1. The van der Waals surface area contributed by atoms with Gasteiger partial charge in [0.15, 0.2) is 11.3 Å². The first-order valence-electron chi connectivity index (χ1n) is 5.56. The average Bonchev–Trinajstić information content (AvgIpc) is 2.74. The van der Waals surface area contributed by atoms with E-state index in [0.29, 0.717) is 0 Å². The van der Waals surface area contributed by atoms with E-state index in [0.717, 1.165) is 10.6 Å². The molecule has 0 aliphatic rings. The lowest BCUT2D eigenvalue weighted by molar-refractivity contribution is -0.284. The summed E-state index contributed by atoms with van der Waals surface area (Å²) in [6, 6.07) is 1.65. The van der Waals surface area contributed by atoms with Crippen molar-refractivity contribution in [2.45, 2.75) is 24.9 Å². The van der Waals surface area contributed by atoms with Gasteiger partial charge in [-0.25, -0.2) is 4.98 Å². The number of nitrogens with zero attached hydrogens (tertiary/aromatic N) is 4. The van der Waals surface area contributed by atoms with Crippen LogP contribution in [0.5, 0.6) is 5.88 Å². The van der Waals surface area contributed by atoms with Gasteiger partial charge in [0.1, 0.15) is 6.07 Å². The highest BCUT2D eigenvalue weighted by Gasteiger charge is 2.56. The third-order valence-corrected chi connectivity index (χ3v) is 2.70. The van der Waals surface area contributed by atoms with Crippen LogP contribution in [0.3, 0.4) is 0 Å². The van der Waals surface area contributed by atoms with Crippen molar-refractivity contribution in [1.82, 2.24) is 14.4 Å². The Hall–Kier alpha value is -2.44. The minimum Gasteiger partial charge on any atom is -0.492 e. The van der Waals surface area contributed by atoms with Crippen LogP contribution in [0.15, 0.2) is 12.4 Å². The van der Waals surface area contributed by atoms with E-state index in [1.54, 1.807) is 6.07 Å². The van der Waals surface area contributed by atoms with E-state index in [2.05, 4.69) is 9.97 Å². The Kier molecular flexibility index (Phi) is 3.44. The predicted octanol–water partition coefficient (Wildman–Crippen LogP) is 2.44. The molecule has 0 saturated carbocycles. The van der Waals surface area contributed by atoms with Crippen molar-refractivity contribution < 1.29 is 27.1 Å². The van der Waals surface area contributed by atoms with Crippen LogP contribution < -0.4 is 0 Å². The molecule has 21 heavy (non-hydrogen) atoms. The molecular formula is C11H7F5N4O. The Bertz CT molecular complexity index is 716. The second kappa shape index (κ2) is 4.83. The molecule has 2 aromatic rings. The van der Waals surface area contributed by atoms with Gasteiger partial charge >= 0.3 is 12.1 Å². The Morgan fingerprint density at radius 1 is 1.19 bits per heavy atom. The number of hydrogen-bond donors (Lipinski definition) is 1. The van der Waals surface area contributed by atoms with E-state index < -0.39 is 30.8 Å². The number of rotatable bonds is 3. The van der Waals surface area contributed by atoms with E-state index in [-0.39, 0.29) is 17.0 Å². The summed E-state index contributed by atoms with van der Waals surface area (Å²) in [6.45, 7) is 0. The SMILES string of the molecule is N#Cc1cn2cc(O)nc2c(CCC(F)(F)C(F)(F)F)n1. The number of alkyl halides is 5. The molecule has 0 saturated heterocycles. The molecule has 0 fully saturated rings. The van der Waals surface area contributed by atoms with Gasteiger partial charge in [0.2, 0.25) is 5.88 Å². The summed E-state index contributed by atoms with van der Waals surface area (Å²) in [6.07, 6.45) is -5.67. The smallest absolute Gasteiger partial charge is 0.453 e. The molecule has 0 atom stereocenters. The van der Waals surface area contributed by atoms with Crippen molar-refractivity contribution in [1.29, 1.82) is 5.26 Å². The number of aryl methyl sites for hydroxylation is 1. The van der Waals surface area contributed by atoms with Crippen LogP contribution in [0.25, 0.3) is 5.65 Å². The molecular weight excluding hydrogens is 299 g/mol. The van der Waals surface area contributed by atoms with Gasteiger partial charge in [-0.2, -0.15) is 32.2 Å². The average molecular weight is 306 g/mol. The fourth-order valence-electron chi connectivity index (χ4n) is 1.69. The van der Waals surface area contributed by atoms with Crippen LogP contribution in [-0.2, 0) is 6.42 Å². The van der Waals surface area contributed by atoms with Crippen molar-refractivity contribution in [3.63, 3.8) is 0 Å². The zero-order valence-corrected chi connectivity index (χ0v) is 10.2. The normalized spacial score (nSPS) is 12.6. The maximum absolute atomic E-state index is 12.9. The summed E-state index contributed by atoms with van der Waals surface area (Å²) in [7, 11) is 0. The molecule has 0 aromatic carbocycles. The van der Waals surface area contributed by atoms with Crippen molar-refractivity contribution >= 4 is 5.65 Å². The molecule has 10 heteroatoms. The Morgan fingerprint density at radius 2 is 1.86 bits per heavy atom. The van der Waals surface area contributed by atoms with E-state index in [4.69, 9.17) is 5.26 Å². The third-order valence-electron chi connectivity index (χ3n) is 2.70. The third kappa shape index (κ3) is 2.86. The topological polar surface area (TPSA) is 74.2 Å². The van der Waals surface area contributed by atoms with Gasteiger partial charge in [-0.3, -0.25) is 4.40 Å². The highest BCUT2D eigenvalue weighted by molar-refractivity contribution is 5.48. The quantitative estimate of drug-likeness (QED) is 0.884. The number of fused-ring (bicyclic) bond motifs is 1. The Labute approximate surface area is 114 Å². The summed E-state index contributed by atoms with van der Waals surface area (Å²) in [5, 5.41) is 18.0. The summed E-state index contributed by atoms with van der Waals surface area (Å²) >= 11 is 0. The summed E-state index contributed by atoms with van der Waals surface area (Å²) in [5.41, 5.74) is -0.493. The van der Waals surface area contributed by atoms with E-state index in [9.17, 15) is 27.1 Å². The summed E-state index contributed by atoms with van der Waals surface area (Å²) < 4.78 is 63.3. The first-order chi connectivity index (χ1) is 9.64. The van der Waals surface area contributed by atoms with E-state index in [1.807, 2.05) is 0 Å². The minimum atomic E-state index is -5.66. The summed E-state index contributed by atoms with van der Waals surface area (Å²) in [5.74, 6) is -5.33. The molecule has 0 radical (unpaired) electrons. The number of imidazole rings is 1. The highest BCUT2D eigenvalue weighted by Crippen LogP contribution is 2.38. The van der Waals surface area contributed by atoms with Gasteiger partial charge in [0.05, 0.1) is 11.9 Å². The monoisotopic (exact) mass is 306 g/mol. The van der Waals surface area contributed by atoms with Crippen LogP contribution in [0.2, 0.25) is 0 Å². The van der Waals surface area contributed by atoms with E-state index in [1.165, 1.54) is 6.20 Å². The zero-order chi connectivity index (χ0) is 15.8. The lowest BCUT2D eigenvalue weighted by atomic mass is 10.1. The largest absolute Gasteiger partial charge is 0.492 e. The molecule has 5 nitrogen and oxygen atoms in total. The molecule has 2 rings (SSSR count). The maximum atomic E-state index is 12.9. The van der Waals surface area contributed by atoms with Crippen LogP contribution in [0.1, 0.15) is 17.8 Å². The maximum Gasteiger partial charge on any atom is 0.453 e. The van der Waals surface area contributed by atoms with Crippen LogP contribution >= 0.6 is 0 Å².